The van der Waals surface area contributed by atoms with Gasteiger partial charge in [-0.1, -0.05) is 30.3 Å². The van der Waals surface area contributed by atoms with Crippen molar-refractivity contribution in [3.63, 3.8) is 0 Å². The number of amides is 2. The zero-order valence-electron chi connectivity index (χ0n) is 16.5. The standard InChI is InChI=1S/C19H26N4O8/c1-21-8-11(20)18(30)23-13(9-24)15(27)16(28)17(29)19(31)22-12(7-14(25)26)10-5-3-2-4-6-10/h2-6,11-13,15-17,24,27-29H,7-9,20H2,(H,22,31)(H,23,30)(H,25,26)/t11-,12-,13-,15+,16+,17-/m0/s1. The monoisotopic (exact) mass is 438 g/mol. The van der Waals surface area contributed by atoms with E-state index in [1.54, 1.807) is 30.3 Å². The van der Waals surface area contributed by atoms with Crippen molar-refractivity contribution in [2.24, 2.45) is 5.73 Å². The summed E-state index contributed by atoms with van der Waals surface area (Å²) >= 11 is 0. The Kier molecular flexibility index (Phi) is 10.5. The third kappa shape index (κ3) is 7.93. The summed E-state index contributed by atoms with van der Waals surface area (Å²) in [5.74, 6) is -3.27. The topological polar surface area (TPSA) is 207 Å². The van der Waals surface area contributed by atoms with Crippen LogP contribution < -0.4 is 16.4 Å². The highest BCUT2D eigenvalue weighted by Crippen LogP contribution is 2.17. The van der Waals surface area contributed by atoms with Gasteiger partial charge in [-0.3, -0.25) is 14.4 Å². The number of nitrogens with one attached hydrogen (secondary N) is 2. The van der Waals surface area contributed by atoms with Crippen molar-refractivity contribution < 1.29 is 39.9 Å². The molecule has 2 amide bonds. The third-order valence-corrected chi connectivity index (χ3v) is 4.40. The van der Waals surface area contributed by atoms with Gasteiger partial charge in [-0.05, 0) is 5.56 Å². The molecule has 0 bridgehead atoms. The van der Waals surface area contributed by atoms with E-state index < -0.39 is 67.2 Å². The van der Waals surface area contributed by atoms with Crippen LogP contribution in [0.3, 0.4) is 0 Å². The largest absolute Gasteiger partial charge is 0.481 e. The molecule has 0 aliphatic rings. The predicted molar refractivity (Wildman–Crippen MR) is 106 cm³/mol. The molecule has 0 aliphatic heterocycles. The van der Waals surface area contributed by atoms with E-state index in [4.69, 9.17) is 17.4 Å². The first-order valence-corrected chi connectivity index (χ1v) is 9.23. The van der Waals surface area contributed by atoms with E-state index >= 15 is 0 Å². The third-order valence-electron chi connectivity index (χ3n) is 4.40. The number of rotatable bonds is 12. The minimum Gasteiger partial charge on any atom is -0.481 e. The fourth-order valence-electron chi connectivity index (χ4n) is 2.66. The van der Waals surface area contributed by atoms with Gasteiger partial charge in [0.05, 0.1) is 25.1 Å². The lowest BCUT2D eigenvalue weighted by molar-refractivity contribution is -0.144. The van der Waals surface area contributed by atoms with Crippen molar-refractivity contribution in [2.75, 3.05) is 13.2 Å². The number of carbonyl (C=O) groups excluding carboxylic acids is 2. The molecule has 1 aromatic carbocycles. The molecular weight excluding hydrogens is 412 g/mol. The van der Waals surface area contributed by atoms with Crippen molar-refractivity contribution in [1.82, 2.24) is 10.6 Å². The maximum atomic E-state index is 12.4. The normalized spacial score (nSPS) is 16.6. The van der Waals surface area contributed by atoms with E-state index in [-0.39, 0.29) is 6.54 Å². The van der Waals surface area contributed by atoms with Crippen LogP contribution in [-0.2, 0) is 14.4 Å². The number of nitrogens with two attached hydrogens (primary N) is 1. The number of carboxylic acids is 1. The predicted octanol–water partition coefficient (Wildman–Crippen LogP) is -2.88. The lowest BCUT2D eigenvalue weighted by Crippen LogP contribution is -2.58. The summed E-state index contributed by atoms with van der Waals surface area (Å²) in [6.45, 7) is 5.47. The summed E-state index contributed by atoms with van der Waals surface area (Å²) in [7, 11) is 0. The fraction of sp³-hybridized carbons (Fsp3) is 0.474. The average Bonchev–Trinajstić information content (AvgIpc) is 2.75. The minimum atomic E-state index is -2.21. The van der Waals surface area contributed by atoms with Gasteiger partial charge in [0.15, 0.2) is 12.1 Å². The van der Waals surface area contributed by atoms with E-state index in [1.807, 2.05) is 0 Å². The van der Waals surface area contributed by atoms with Crippen LogP contribution in [0.1, 0.15) is 18.0 Å². The highest BCUT2D eigenvalue weighted by Gasteiger charge is 2.37. The molecule has 0 saturated heterocycles. The lowest BCUT2D eigenvalue weighted by Gasteiger charge is -2.29. The van der Waals surface area contributed by atoms with E-state index in [9.17, 15) is 34.8 Å². The van der Waals surface area contributed by atoms with Crippen molar-refractivity contribution in [3.05, 3.63) is 47.3 Å². The molecular formula is C19H26N4O8. The van der Waals surface area contributed by atoms with E-state index in [0.717, 1.165) is 0 Å². The summed E-state index contributed by atoms with van der Waals surface area (Å²) in [6.07, 6.45) is -6.84. The second-order valence-electron chi connectivity index (χ2n) is 6.74. The Morgan fingerprint density at radius 2 is 1.65 bits per heavy atom. The molecule has 6 atom stereocenters. The Bertz CT molecular complexity index is 785. The van der Waals surface area contributed by atoms with Gasteiger partial charge < -0.3 is 46.7 Å². The molecule has 12 nitrogen and oxygen atoms in total. The Hall–Kier alpha value is -3.08. The zero-order chi connectivity index (χ0) is 23.6. The molecule has 1 rings (SSSR count). The second-order valence-corrected chi connectivity index (χ2v) is 6.74. The number of aliphatic hydroxyl groups excluding tert-OH is 4. The molecule has 9 N–H and O–H groups in total. The Balaban J connectivity index is 2.84. The zero-order valence-corrected chi connectivity index (χ0v) is 16.5. The Labute approximate surface area is 178 Å². The first-order valence-electron chi connectivity index (χ1n) is 9.23. The van der Waals surface area contributed by atoms with Gasteiger partial charge in [0.25, 0.3) is 5.91 Å². The van der Waals surface area contributed by atoms with Crippen molar-refractivity contribution >= 4 is 17.8 Å². The van der Waals surface area contributed by atoms with Gasteiger partial charge in [0, 0.05) is 0 Å². The van der Waals surface area contributed by atoms with E-state index in [1.165, 1.54) is 0 Å². The Morgan fingerprint density at radius 3 is 2.16 bits per heavy atom. The average molecular weight is 438 g/mol. The maximum absolute atomic E-state index is 12.4. The van der Waals surface area contributed by atoms with Crippen LogP contribution >= 0.6 is 0 Å². The number of nitrogens with zero attached hydrogens (tertiary/aromatic N) is 1. The SMILES string of the molecule is [C-]#[N+]C[C@H](N)C(=O)N[C@@H](CO)[C@@H](O)[C@@H](O)[C@H](O)C(=O)N[C@@H](CC(=O)O)c1ccccc1. The van der Waals surface area contributed by atoms with Gasteiger partial charge in [-0.15, -0.1) is 0 Å². The molecule has 0 spiro atoms. The maximum Gasteiger partial charge on any atom is 0.305 e. The van der Waals surface area contributed by atoms with Crippen LogP contribution in [0, 0.1) is 6.57 Å². The molecule has 31 heavy (non-hydrogen) atoms. The van der Waals surface area contributed by atoms with Gasteiger partial charge in [0.1, 0.15) is 12.2 Å². The molecule has 0 unspecified atom stereocenters. The number of benzene rings is 1. The molecule has 170 valence electrons. The molecule has 0 aromatic heterocycles. The van der Waals surface area contributed by atoms with Gasteiger partial charge in [-0.25, -0.2) is 6.57 Å². The Morgan fingerprint density at radius 1 is 1.03 bits per heavy atom. The summed E-state index contributed by atoms with van der Waals surface area (Å²) < 4.78 is 0. The van der Waals surface area contributed by atoms with E-state index in [0.29, 0.717) is 5.56 Å². The van der Waals surface area contributed by atoms with Gasteiger partial charge in [0.2, 0.25) is 12.5 Å². The fourth-order valence-corrected chi connectivity index (χ4v) is 2.66. The number of hydrogen-bond acceptors (Lipinski definition) is 8. The van der Waals surface area contributed by atoms with Crippen molar-refractivity contribution in [1.29, 1.82) is 0 Å². The van der Waals surface area contributed by atoms with Gasteiger partial charge in [-0.2, -0.15) is 0 Å². The highest BCUT2D eigenvalue weighted by atomic mass is 16.4. The van der Waals surface area contributed by atoms with Crippen LogP contribution in [0.25, 0.3) is 4.85 Å². The van der Waals surface area contributed by atoms with Crippen LogP contribution in [0.2, 0.25) is 0 Å². The molecule has 0 saturated carbocycles. The summed E-state index contributed by atoms with van der Waals surface area (Å²) in [5.41, 5.74) is 5.89. The smallest absolute Gasteiger partial charge is 0.305 e. The van der Waals surface area contributed by atoms with Crippen LogP contribution in [-0.4, -0.2) is 86.9 Å². The number of aliphatic carboxylic acids is 1. The first kappa shape index (κ1) is 26.0. The molecule has 1 aromatic rings. The van der Waals surface area contributed by atoms with Gasteiger partial charge >= 0.3 is 5.97 Å². The molecule has 0 aliphatic carbocycles. The number of carboxylic acid groups (broad SMARTS) is 1. The number of aliphatic hydroxyl groups is 4. The second kappa shape index (κ2) is 12.6. The van der Waals surface area contributed by atoms with Crippen LogP contribution in [0.15, 0.2) is 30.3 Å². The summed E-state index contributed by atoms with van der Waals surface area (Å²) in [4.78, 5) is 38.3. The van der Waals surface area contributed by atoms with Crippen LogP contribution in [0.5, 0.6) is 0 Å². The molecule has 12 heteroatoms. The lowest BCUT2D eigenvalue weighted by atomic mass is 9.99. The summed E-state index contributed by atoms with van der Waals surface area (Å²) in [5, 5.41) is 53.4. The van der Waals surface area contributed by atoms with E-state index in [2.05, 4.69) is 15.5 Å². The van der Waals surface area contributed by atoms with Crippen molar-refractivity contribution in [3.8, 4) is 0 Å². The van der Waals surface area contributed by atoms with Crippen molar-refractivity contribution in [2.45, 2.75) is 42.9 Å². The molecule has 0 heterocycles. The number of carbonyl (C=O) groups is 3. The minimum absolute atomic E-state index is 0.349. The first-order chi connectivity index (χ1) is 14.6. The quantitative estimate of drug-likeness (QED) is 0.158. The van der Waals surface area contributed by atoms with Crippen LogP contribution in [0.4, 0.5) is 0 Å². The highest BCUT2D eigenvalue weighted by molar-refractivity contribution is 5.83. The summed E-state index contributed by atoms with van der Waals surface area (Å²) in [6, 6.07) is 4.30. The molecule has 0 fully saturated rings. The number of hydrogen-bond donors (Lipinski definition) is 8. The molecule has 0 radical (unpaired) electrons.